The molecule has 0 saturated carbocycles. The number of rotatable bonds is 7. The number of ether oxygens (including phenoxy) is 1. The standard InChI is InChI=1S/C19H23N3O3.ClH/c1-13(18(20)14-6-4-3-5-7-14)19(24)22-15-8-10-16(11-9-15)25-12-17(23)21-2;/h3-11,13,18H,12,20H2,1-2H3,(H,21,23)(H,22,24);1H. The second kappa shape index (κ2) is 10.4. The van der Waals surface area contributed by atoms with E-state index < -0.39 is 0 Å². The molecule has 0 bridgehead atoms. The summed E-state index contributed by atoms with van der Waals surface area (Å²) in [5, 5.41) is 5.32. The molecular formula is C19H24ClN3O3. The Labute approximate surface area is 159 Å². The lowest BCUT2D eigenvalue weighted by Crippen LogP contribution is -2.30. The van der Waals surface area contributed by atoms with Crippen LogP contribution >= 0.6 is 12.4 Å². The van der Waals surface area contributed by atoms with Crippen molar-refractivity contribution in [2.45, 2.75) is 13.0 Å². The summed E-state index contributed by atoms with van der Waals surface area (Å²) in [6.07, 6.45) is 0. The highest BCUT2D eigenvalue weighted by atomic mass is 35.5. The van der Waals surface area contributed by atoms with E-state index in [4.69, 9.17) is 10.5 Å². The Morgan fingerprint density at radius 2 is 1.69 bits per heavy atom. The van der Waals surface area contributed by atoms with Crippen molar-refractivity contribution in [3.63, 3.8) is 0 Å². The predicted octanol–water partition coefficient (Wildman–Crippen LogP) is 2.51. The smallest absolute Gasteiger partial charge is 0.257 e. The number of hydrogen-bond acceptors (Lipinski definition) is 4. The lowest BCUT2D eigenvalue weighted by atomic mass is 9.94. The van der Waals surface area contributed by atoms with Crippen molar-refractivity contribution in [1.82, 2.24) is 5.32 Å². The Bertz CT molecular complexity index is 708. The minimum atomic E-state index is -0.383. The topological polar surface area (TPSA) is 93.5 Å². The molecule has 6 nitrogen and oxygen atoms in total. The van der Waals surface area contributed by atoms with E-state index in [0.717, 1.165) is 5.56 Å². The highest BCUT2D eigenvalue weighted by Crippen LogP contribution is 2.22. The lowest BCUT2D eigenvalue weighted by molar-refractivity contribution is -0.122. The molecule has 140 valence electrons. The number of halogens is 1. The van der Waals surface area contributed by atoms with Crippen molar-refractivity contribution in [2.75, 3.05) is 19.0 Å². The van der Waals surface area contributed by atoms with Crippen LogP contribution in [0.4, 0.5) is 5.69 Å². The van der Waals surface area contributed by atoms with Crippen molar-refractivity contribution in [3.8, 4) is 5.75 Å². The zero-order valence-corrected chi connectivity index (χ0v) is 15.6. The second-order valence-corrected chi connectivity index (χ2v) is 5.70. The average molecular weight is 378 g/mol. The number of likely N-dealkylation sites (N-methyl/N-ethyl adjacent to an activating group) is 1. The normalized spacial score (nSPS) is 12.3. The Balaban J connectivity index is 0.00000338. The SMILES string of the molecule is CNC(=O)COc1ccc(NC(=O)C(C)C(N)c2ccccc2)cc1.Cl. The van der Waals surface area contributed by atoms with Crippen molar-refractivity contribution in [3.05, 3.63) is 60.2 Å². The molecule has 2 rings (SSSR count). The molecular weight excluding hydrogens is 354 g/mol. The van der Waals surface area contributed by atoms with Gasteiger partial charge >= 0.3 is 0 Å². The van der Waals surface area contributed by atoms with Gasteiger partial charge < -0.3 is 21.1 Å². The molecule has 0 saturated heterocycles. The quantitative estimate of drug-likeness (QED) is 0.691. The largest absolute Gasteiger partial charge is 0.484 e. The highest BCUT2D eigenvalue weighted by molar-refractivity contribution is 5.92. The molecule has 2 atom stereocenters. The number of benzene rings is 2. The van der Waals surface area contributed by atoms with Gasteiger partial charge in [0.05, 0.1) is 5.92 Å². The van der Waals surface area contributed by atoms with Crippen LogP contribution in [0.1, 0.15) is 18.5 Å². The molecule has 0 aromatic heterocycles. The fourth-order valence-corrected chi connectivity index (χ4v) is 2.24. The summed E-state index contributed by atoms with van der Waals surface area (Å²) in [7, 11) is 1.55. The van der Waals surface area contributed by atoms with E-state index in [-0.39, 0.29) is 42.8 Å². The Morgan fingerprint density at radius 3 is 2.27 bits per heavy atom. The molecule has 2 unspecified atom stereocenters. The molecule has 26 heavy (non-hydrogen) atoms. The molecule has 0 radical (unpaired) electrons. The predicted molar refractivity (Wildman–Crippen MR) is 104 cm³/mol. The summed E-state index contributed by atoms with van der Waals surface area (Å²) in [5.41, 5.74) is 7.74. The van der Waals surface area contributed by atoms with Crippen molar-refractivity contribution in [1.29, 1.82) is 0 Å². The zero-order valence-electron chi connectivity index (χ0n) is 14.8. The summed E-state index contributed by atoms with van der Waals surface area (Å²) >= 11 is 0. The number of carbonyl (C=O) groups excluding carboxylic acids is 2. The van der Waals surface area contributed by atoms with Crippen molar-refractivity contribution >= 4 is 29.9 Å². The molecule has 0 fully saturated rings. The minimum Gasteiger partial charge on any atom is -0.484 e. The first-order valence-corrected chi connectivity index (χ1v) is 8.06. The fourth-order valence-electron chi connectivity index (χ4n) is 2.24. The van der Waals surface area contributed by atoms with E-state index in [2.05, 4.69) is 10.6 Å². The van der Waals surface area contributed by atoms with Crippen LogP contribution in [0.25, 0.3) is 0 Å². The third-order valence-electron chi connectivity index (χ3n) is 3.91. The second-order valence-electron chi connectivity index (χ2n) is 5.70. The number of amides is 2. The van der Waals surface area contributed by atoms with E-state index in [0.29, 0.717) is 11.4 Å². The lowest BCUT2D eigenvalue weighted by Gasteiger charge is -2.20. The number of hydrogen-bond donors (Lipinski definition) is 3. The summed E-state index contributed by atoms with van der Waals surface area (Å²) in [4.78, 5) is 23.5. The first-order chi connectivity index (χ1) is 12.0. The Hall–Kier alpha value is -2.57. The van der Waals surface area contributed by atoms with Gasteiger partial charge in [-0.15, -0.1) is 12.4 Å². The van der Waals surface area contributed by atoms with E-state index in [1.807, 2.05) is 30.3 Å². The van der Waals surface area contributed by atoms with Crippen LogP contribution in [-0.4, -0.2) is 25.5 Å². The first kappa shape index (κ1) is 21.5. The van der Waals surface area contributed by atoms with Crippen LogP contribution in [0.2, 0.25) is 0 Å². The van der Waals surface area contributed by atoms with Gasteiger partial charge in [0.25, 0.3) is 5.91 Å². The number of nitrogens with two attached hydrogens (primary N) is 1. The van der Waals surface area contributed by atoms with E-state index in [9.17, 15) is 9.59 Å². The molecule has 0 spiro atoms. The van der Waals surface area contributed by atoms with Crippen molar-refractivity contribution < 1.29 is 14.3 Å². The Morgan fingerprint density at radius 1 is 1.08 bits per heavy atom. The van der Waals surface area contributed by atoms with Crippen LogP contribution < -0.4 is 21.1 Å². The summed E-state index contributed by atoms with van der Waals surface area (Å²) in [6, 6.07) is 16.0. The number of nitrogens with one attached hydrogen (secondary N) is 2. The summed E-state index contributed by atoms with van der Waals surface area (Å²) < 4.78 is 5.32. The summed E-state index contributed by atoms with van der Waals surface area (Å²) in [6.45, 7) is 1.75. The van der Waals surface area contributed by atoms with Gasteiger partial charge in [0.2, 0.25) is 5.91 Å². The van der Waals surface area contributed by atoms with Crippen LogP contribution in [0.3, 0.4) is 0 Å². The fraction of sp³-hybridized carbons (Fsp3) is 0.263. The minimum absolute atomic E-state index is 0. The van der Waals surface area contributed by atoms with E-state index in [1.165, 1.54) is 0 Å². The average Bonchev–Trinajstić information content (AvgIpc) is 2.66. The van der Waals surface area contributed by atoms with Crippen LogP contribution in [-0.2, 0) is 9.59 Å². The maximum absolute atomic E-state index is 12.4. The molecule has 2 aromatic rings. The Kier molecular flexibility index (Phi) is 8.61. The van der Waals surface area contributed by atoms with Gasteiger partial charge in [0.1, 0.15) is 5.75 Å². The molecule has 0 aliphatic rings. The van der Waals surface area contributed by atoms with Crippen molar-refractivity contribution in [2.24, 2.45) is 11.7 Å². The van der Waals surface area contributed by atoms with Crippen LogP contribution in [0, 0.1) is 5.92 Å². The van der Waals surface area contributed by atoms with Crippen LogP contribution in [0.15, 0.2) is 54.6 Å². The third-order valence-corrected chi connectivity index (χ3v) is 3.91. The molecule has 0 heterocycles. The van der Waals surface area contributed by atoms with E-state index >= 15 is 0 Å². The highest BCUT2D eigenvalue weighted by Gasteiger charge is 2.22. The number of anilines is 1. The molecule has 0 aliphatic carbocycles. The monoisotopic (exact) mass is 377 g/mol. The maximum atomic E-state index is 12.4. The molecule has 0 aliphatic heterocycles. The molecule has 4 N–H and O–H groups in total. The summed E-state index contributed by atoms with van der Waals surface area (Å²) in [5.74, 6) is -0.196. The third kappa shape index (κ3) is 6.06. The maximum Gasteiger partial charge on any atom is 0.257 e. The van der Waals surface area contributed by atoms with Crippen LogP contribution in [0.5, 0.6) is 5.75 Å². The van der Waals surface area contributed by atoms with E-state index in [1.54, 1.807) is 38.2 Å². The zero-order chi connectivity index (χ0) is 18.2. The molecule has 2 amide bonds. The van der Waals surface area contributed by atoms with Gasteiger partial charge in [-0.25, -0.2) is 0 Å². The van der Waals surface area contributed by atoms with Gasteiger partial charge in [-0.05, 0) is 29.8 Å². The van der Waals surface area contributed by atoms with Gasteiger partial charge in [0.15, 0.2) is 6.61 Å². The van der Waals surface area contributed by atoms with Gasteiger partial charge in [0, 0.05) is 18.8 Å². The first-order valence-electron chi connectivity index (χ1n) is 8.06. The number of carbonyl (C=O) groups is 2. The van der Waals surface area contributed by atoms with Gasteiger partial charge in [-0.3, -0.25) is 9.59 Å². The van der Waals surface area contributed by atoms with Gasteiger partial charge in [-0.1, -0.05) is 37.3 Å². The van der Waals surface area contributed by atoms with Gasteiger partial charge in [-0.2, -0.15) is 0 Å². The molecule has 7 heteroatoms. The molecule has 2 aromatic carbocycles.